The molecule has 0 spiro atoms. The number of benzene rings is 1. The van der Waals surface area contributed by atoms with Crippen molar-refractivity contribution in [3.8, 4) is 0 Å². The molecule has 0 unspecified atom stereocenters. The number of aryl methyl sites for hydroxylation is 1. The highest BCUT2D eigenvalue weighted by Crippen LogP contribution is 2.38. The molecule has 2 rings (SSSR count). The van der Waals surface area contributed by atoms with E-state index in [1.807, 2.05) is 0 Å². The third-order valence-electron chi connectivity index (χ3n) is 2.42. The Labute approximate surface area is 113 Å². The van der Waals surface area contributed by atoms with Gasteiger partial charge in [0.1, 0.15) is 0 Å². The molecule has 0 fully saturated rings. The van der Waals surface area contributed by atoms with Gasteiger partial charge in [0.2, 0.25) is 0 Å². The third kappa shape index (κ3) is 3.30. The van der Waals surface area contributed by atoms with Gasteiger partial charge in [-0.1, -0.05) is 6.07 Å². The van der Waals surface area contributed by atoms with Crippen LogP contribution >= 0.6 is 11.3 Å². The number of alkyl halides is 6. The zero-order chi connectivity index (χ0) is 15.1. The summed E-state index contributed by atoms with van der Waals surface area (Å²) in [6.45, 7) is 1.67. The Morgan fingerprint density at radius 1 is 1.15 bits per heavy atom. The number of hydrogen-bond donors (Lipinski definition) is 0. The average Bonchev–Trinajstić information content (AvgIpc) is 2.62. The molecule has 1 nitrogen and oxygen atoms in total. The van der Waals surface area contributed by atoms with Crippen molar-refractivity contribution in [2.45, 2.75) is 19.3 Å². The summed E-state index contributed by atoms with van der Waals surface area (Å²) < 4.78 is 75.5. The maximum atomic E-state index is 12.8. The van der Waals surface area contributed by atoms with Crippen molar-refractivity contribution in [2.75, 3.05) is 0 Å². The van der Waals surface area contributed by atoms with Gasteiger partial charge in [0, 0.05) is 6.08 Å². The monoisotopic (exact) mass is 311 g/mol. The molecule has 1 heterocycles. The minimum absolute atomic E-state index is 0.414. The minimum atomic E-state index is -5.08. The Morgan fingerprint density at radius 3 is 2.35 bits per heavy atom. The molecule has 0 saturated carbocycles. The van der Waals surface area contributed by atoms with E-state index in [0.717, 1.165) is 23.5 Å². The SMILES string of the molecule is Cc1nc2ccc(/C(=C\C(F)(F)F)C(F)(F)F)cc2s1. The molecule has 0 aliphatic heterocycles. The van der Waals surface area contributed by atoms with Crippen molar-refractivity contribution < 1.29 is 26.3 Å². The summed E-state index contributed by atoms with van der Waals surface area (Å²) >= 11 is 1.13. The first-order chi connectivity index (χ1) is 9.06. The van der Waals surface area contributed by atoms with Crippen LogP contribution in [0.15, 0.2) is 24.3 Å². The lowest BCUT2D eigenvalue weighted by atomic mass is 10.0. The summed E-state index contributed by atoms with van der Waals surface area (Å²) in [4.78, 5) is 4.05. The molecule has 1 aromatic heterocycles. The van der Waals surface area contributed by atoms with Crippen LogP contribution in [-0.4, -0.2) is 17.3 Å². The van der Waals surface area contributed by atoms with Crippen LogP contribution in [0.3, 0.4) is 0 Å². The molecule has 0 saturated heterocycles. The number of rotatable bonds is 1. The predicted octanol–water partition coefficient (Wildman–Crippen LogP) is 5.11. The fraction of sp³-hybridized carbons (Fsp3) is 0.250. The Morgan fingerprint density at radius 2 is 1.80 bits per heavy atom. The topological polar surface area (TPSA) is 12.9 Å². The van der Waals surface area contributed by atoms with E-state index in [1.54, 1.807) is 6.92 Å². The van der Waals surface area contributed by atoms with Crippen LogP contribution in [-0.2, 0) is 0 Å². The van der Waals surface area contributed by atoms with Crippen LogP contribution in [0.2, 0.25) is 0 Å². The van der Waals surface area contributed by atoms with E-state index in [-0.39, 0.29) is 0 Å². The third-order valence-corrected chi connectivity index (χ3v) is 3.35. The molecular formula is C12H7F6NS. The van der Waals surface area contributed by atoms with Gasteiger partial charge in [-0.25, -0.2) is 4.98 Å². The molecular weight excluding hydrogens is 304 g/mol. The number of allylic oxidation sites excluding steroid dienone is 2. The highest BCUT2D eigenvalue weighted by Gasteiger charge is 2.39. The van der Waals surface area contributed by atoms with Gasteiger partial charge < -0.3 is 0 Å². The van der Waals surface area contributed by atoms with Gasteiger partial charge in [-0.3, -0.25) is 0 Å². The highest BCUT2D eigenvalue weighted by molar-refractivity contribution is 7.18. The second kappa shape index (κ2) is 4.76. The fourth-order valence-corrected chi connectivity index (χ4v) is 2.57. The summed E-state index contributed by atoms with van der Waals surface area (Å²) in [5, 5.41) is 0.630. The van der Waals surface area contributed by atoms with Gasteiger partial charge in [0.05, 0.1) is 20.8 Å². The minimum Gasteiger partial charge on any atom is -0.242 e. The van der Waals surface area contributed by atoms with E-state index in [9.17, 15) is 26.3 Å². The fourth-order valence-electron chi connectivity index (χ4n) is 1.70. The molecule has 0 atom stereocenters. The average molecular weight is 311 g/mol. The summed E-state index contributed by atoms with van der Waals surface area (Å²) in [7, 11) is 0. The van der Waals surface area contributed by atoms with Gasteiger partial charge in [0.25, 0.3) is 0 Å². The van der Waals surface area contributed by atoms with E-state index in [0.29, 0.717) is 15.2 Å². The van der Waals surface area contributed by atoms with E-state index < -0.39 is 29.6 Å². The summed E-state index contributed by atoms with van der Waals surface area (Å²) in [6.07, 6.45) is -10.8. The van der Waals surface area contributed by atoms with Crippen LogP contribution in [0, 0.1) is 6.92 Å². The first-order valence-corrected chi connectivity index (χ1v) is 6.12. The van der Waals surface area contributed by atoms with Gasteiger partial charge >= 0.3 is 12.4 Å². The largest absolute Gasteiger partial charge is 0.417 e. The Bertz CT molecular complexity index is 665. The summed E-state index contributed by atoms with van der Waals surface area (Å²) in [5.41, 5.74) is -1.77. The lowest BCUT2D eigenvalue weighted by Crippen LogP contribution is -2.15. The first kappa shape index (κ1) is 14.8. The number of fused-ring (bicyclic) bond motifs is 1. The highest BCUT2D eigenvalue weighted by atomic mass is 32.1. The van der Waals surface area contributed by atoms with Gasteiger partial charge in [-0.05, 0) is 24.6 Å². The van der Waals surface area contributed by atoms with Crippen molar-refractivity contribution in [1.29, 1.82) is 0 Å². The molecule has 0 aliphatic rings. The first-order valence-electron chi connectivity index (χ1n) is 5.30. The molecule has 1 aromatic carbocycles. The van der Waals surface area contributed by atoms with Crippen molar-refractivity contribution in [3.63, 3.8) is 0 Å². The number of thiazole rings is 1. The Hall–Kier alpha value is -1.57. The molecule has 0 amide bonds. The number of hydrogen-bond acceptors (Lipinski definition) is 2. The number of aromatic nitrogens is 1. The zero-order valence-corrected chi connectivity index (χ0v) is 10.7. The second-order valence-corrected chi connectivity index (χ2v) is 5.25. The van der Waals surface area contributed by atoms with E-state index in [1.165, 1.54) is 6.07 Å². The lowest BCUT2D eigenvalue weighted by molar-refractivity contribution is -0.0911. The Kier molecular flexibility index (Phi) is 3.53. The van der Waals surface area contributed by atoms with Crippen molar-refractivity contribution in [2.24, 2.45) is 0 Å². The number of nitrogens with zero attached hydrogens (tertiary/aromatic N) is 1. The molecule has 0 aliphatic carbocycles. The van der Waals surface area contributed by atoms with Crippen molar-refractivity contribution in [3.05, 3.63) is 34.8 Å². The van der Waals surface area contributed by atoms with Crippen LogP contribution in [0.4, 0.5) is 26.3 Å². The molecule has 2 aromatic rings. The molecule has 0 bridgehead atoms. The normalized spacial score (nSPS) is 14.1. The van der Waals surface area contributed by atoms with Crippen molar-refractivity contribution in [1.82, 2.24) is 4.98 Å². The summed E-state index contributed by atoms with van der Waals surface area (Å²) in [6, 6.07) is 3.35. The zero-order valence-electron chi connectivity index (χ0n) is 9.93. The van der Waals surface area contributed by atoms with Gasteiger partial charge in [0.15, 0.2) is 0 Å². The van der Waals surface area contributed by atoms with Gasteiger partial charge in [-0.2, -0.15) is 26.3 Å². The molecule has 0 N–H and O–H groups in total. The van der Waals surface area contributed by atoms with Crippen LogP contribution in [0.1, 0.15) is 10.6 Å². The maximum absolute atomic E-state index is 12.8. The van der Waals surface area contributed by atoms with Crippen molar-refractivity contribution >= 4 is 27.1 Å². The van der Waals surface area contributed by atoms with Crippen LogP contribution in [0.5, 0.6) is 0 Å². The predicted molar refractivity (Wildman–Crippen MR) is 64.4 cm³/mol. The molecule has 8 heteroatoms. The lowest BCUT2D eigenvalue weighted by Gasteiger charge is -2.13. The molecule has 20 heavy (non-hydrogen) atoms. The number of halogens is 6. The van der Waals surface area contributed by atoms with Crippen LogP contribution < -0.4 is 0 Å². The molecule has 0 radical (unpaired) electrons. The van der Waals surface area contributed by atoms with Gasteiger partial charge in [-0.15, -0.1) is 11.3 Å². The van der Waals surface area contributed by atoms with E-state index in [4.69, 9.17) is 0 Å². The smallest absolute Gasteiger partial charge is 0.242 e. The Balaban J connectivity index is 2.60. The van der Waals surface area contributed by atoms with E-state index in [2.05, 4.69) is 4.98 Å². The summed E-state index contributed by atoms with van der Waals surface area (Å²) in [5.74, 6) is 0. The maximum Gasteiger partial charge on any atom is 0.417 e. The molecule has 108 valence electrons. The van der Waals surface area contributed by atoms with E-state index >= 15 is 0 Å². The second-order valence-electron chi connectivity index (χ2n) is 4.01. The van der Waals surface area contributed by atoms with Crippen LogP contribution in [0.25, 0.3) is 15.8 Å². The standard InChI is InChI=1S/C12H7F6NS/c1-6-19-9-3-2-7(4-10(9)20-6)8(12(16,17)18)5-11(13,14)15/h2-5H,1H3/b8-5+. The quantitative estimate of drug-likeness (QED) is 0.667.